The third kappa shape index (κ3) is 6.86. The highest BCUT2D eigenvalue weighted by atomic mass is 32.2. The number of methoxy groups -OCH3 is 2. The molecular formula is C20H23NO5S. The van der Waals surface area contributed by atoms with Gasteiger partial charge in [0, 0.05) is 17.5 Å². The Morgan fingerprint density at radius 1 is 1.00 bits per heavy atom. The normalized spacial score (nSPS) is 10.2. The summed E-state index contributed by atoms with van der Waals surface area (Å²) in [5, 5.41) is 2.65. The number of thioether (sulfide) groups is 1. The fraction of sp³-hybridized carbons (Fsp3) is 0.300. The van der Waals surface area contributed by atoms with E-state index in [4.69, 9.17) is 14.2 Å². The lowest BCUT2D eigenvalue weighted by molar-refractivity contribution is -0.144. The number of hydrogen-bond donors (Lipinski definition) is 1. The van der Waals surface area contributed by atoms with Crippen molar-refractivity contribution in [2.24, 2.45) is 0 Å². The summed E-state index contributed by atoms with van der Waals surface area (Å²) < 4.78 is 15.3. The third-order valence-corrected chi connectivity index (χ3v) is 4.62. The average Bonchev–Trinajstić information content (AvgIpc) is 2.67. The van der Waals surface area contributed by atoms with Gasteiger partial charge in [-0.2, -0.15) is 0 Å². The maximum Gasteiger partial charge on any atom is 0.316 e. The van der Waals surface area contributed by atoms with E-state index in [-0.39, 0.29) is 12.4 Å². The van der Waals surface area contributed by atoms with Crippen LogP contribution in [0.1, 0.15) is 11.1 Å². The van der Waals surface area contributed by atoms with Crippen molar-refractivity contribution in [2.75, 3.05) is 31.9 Å². The van der Waals surface area contributed by atoms with Gasteiger partial charge in [-0.1, -0.05) is 29.8 Å². The molecule has 0 spiro atoms. The minimum atomic E-state index is -0.422. The number of aryl methyl sites for hydroxylation is 1. The number of rotatable bonds is 9. The fourth-order valence-electron chi connectivity index (χ4n) is 2.24. The number of esters is 1. The maximum absolute atomic E-state index is 11.9. The molecule has 0 aromatic heterocycles. The SMILES string of the molecule is COc1ccc(NC(=O)COC(=O)CSCc2ccc(C)cc2)cc1OC. The number of anilines is 1. The number of nitrogens with one attached hydrogen (secondary N) is 1. The lowest BCUT2D eigenvalue weighted by atomic mass is 10.2. The average molecular weight is 389 g/mol. The van der Waals surface area contributed by atoms with Crippen LogP contribution in [0.5, 0.6) is 11.5 Å². The molecule has 0 aliphatic carbocycles. The number of amides is 1. The van der Waals surface area contributed by atoms with Gasteiger partial charge in [0.05, 0.1) is 20.0 Å². The fourth-order valence-corrected chi connectivity index (χ4v) is 3.02. The molecule has 144 valence electrons. The van der Waals surface area contributed by atoms with Gasteiger partial charge in [0.1, 0.15) is 0 Å². The van der Waals surface area contributed by atoms with Crippen LogP contribution in [0.2, 0.25) is 0 Å². The van der Waals surface area contributed by atoms with Gasteiger partial charge in [-0.3, -0.25) is 9.59 Å². The predicted molar refractivity (Wildman–Crippen MR) is 106 cm³/mol. The highest BCUT2D eigenvalue weighted by molar-refractivity contribution is 7.99. The standard InChI is InChI=1S/C20H23NO5S/c1-14-4-6-15(7-5-14)12-27-13-20(23)26-11-19(22)21-16-8-9-17(24-2)18(10-16)25-3/h4-10H,11-13H2,1-3H3,(H,21,22). The highest BCUT2D eigenvalue weighted by Crippen LogP contribution is 2.29. The molecule has 0 aliphatic heterocycles. The zero-order chi connectivity index (χ0) is 19.6. The van der Waals surface area contributed by atoms with E-state index in [9.17, 15) is 9.59 Å². The molecule has 0 bridgehead atoms. The van der Waals surface area contributed by atoms with Gasteiger partial charge in [-0.25, -0.2) is 0 Å². The van der Waals surface area contributed by atoms with Crippen molar-refractivity contribution in [3.63, 3.8) is 0 Å². The molecule has 7 heteroatoms. The molecule has 1 amide bonds. The summed E-state index contributed by atoms with van der Waals surface area (Å²) in [5.41, 5.74) is 2.87. The van der Waals surface area contributed by atoms with Crippen molar-refractivity contribution < 1.29 is 23.8 Å². The molecule has 0 heterocycles. The smallest absolute Gasteiger partial charge is 0.316 e. The maximum atomic E-state index is 11.9. The molecule has 1 N–H and O–H groups in total. The van der Waals surface area contributed by atoms with Crippen LogP contribution in [-0.2, 0) is 20.1 Å². The second-order valence-electron chi connectivity index (χ2n) is 5.76. The van der Waals surface area contributed by atoms with Gasteiger partial charge in [-0.15, -0.1) is 11.8 Å². The van der Waals surface area contributed by atoms with E-state index in [1.807, 2.05) is 31.2 Å². The summed E-state index contributed by atoms with van der Waals surface area (Å²) in [5.74, 6) is 1.13. The van der Waals surface area contributed by atoms with Gasteiger partial charge in [0.15, 0.2) is 18.1 Å². The minimum Gasteiger partial charge on any atom is -0.493 e. The Kier molecular flexibility index (Phi) is 8.00. The molecule has 0 aliphatic rings. The van der Waals surface area contributed by atoms with Crippen LogP contribution in [0.25, 0.3) is 0 Å². The van der Waals surface area contributed by atoms with Crippen molar-refractivity contribution in [3.05, 3.63) is 53.6 Å². The number of ether oxygens (including phenoxy) is 3. The van der Waals surface area contributed by atoms with Crippen LogP contribution in [0.15, 0.2) is 42.5 Å². The van der Waals surface area contributed by atoms with E-state index in [2.05, 4.69) is 5.32 Å². The summed E-state index contributed by atoms with van der Waals surface area (Å²) in [6.45, 7) is 1.69. The topological polar surface area (TPSA) is 73.9 Å². The number of benzene rings is 2. The Morgan fingerprint density at radius 2 is 1.70 bits per heavy atom. The minimum absolute atomic E-state index is 0.192. The zero-order valence-electron chi connectivity index (χ0n) is 15.6. The molecule has 2 aromatic carbocycles. The molecule has 27 heavy (non-hydrogen) atoms. The molecule has 0 unspecified atom stereocenters. The van der Waals surface area contributed by atoms with E-state index in [0.717, 1.165) is 5.56 Å². The molecule has 0 saturated carbocycles. The van der Waals surface area contributed by atoms with Gasteiger partial charge >= 0.3 is 5.97 Å². The van der Waals surface area contributed by atoms with Gasteiger partial charge < -0.3 is 19.5 Å². The van der Waals surface area contributed by atoms with Crippen molar-refractivity contribution in [1.29, 1.82) is 0 Å². The van der Waals surface area contributed by atoms with Crippen LogP contribution in [0, 0.1) is 6.92 Å². The second kappa shape index (κ2) is 10.5. The first kappa shape index (κ1) is 20.6. The molecule has 0 saturated heterocycles. The van der Waals surface area contributed by atoms with Crippen molar-refractivity contribution in [2.45, 2.75) is 12.7 Å². The van der Waals surface area contributed by atoms with Crippen LogP contribution < -0.4 is 14.8 Å². The lowest BCUT2D eigenvalue weighted by Gasteiger charge is -2.10. The van der Waals surface area contributed by atoms with E-state index >= 15 is 0 Å². The monoisotopic (exact) mass is 389 g/mol. The summed E-state index contributed by atoms with van der Waals surface area (Å²) in [6, 6.07) is 13.1. The van der Waals surface area contributed by atoms with Crippen LogP contribution in [0.3, 0.4) is 0 Å². The van der Waals surface area contributed by atoms with E-state index in [1.54, 1.807) is 18.2 Å². The number of carbonyl (C=O) groups excluding carboxylic acids is 2. The first-order valence-electron chi connectivity index (χ1n) is 8.32. The summed E-state index contributed by atoms with van der Waals surface area (Å²) in [6.07, 6.45) is 0. The van der Waals surface area contributed by atoms with Gasteiger partial charge in [-0.05, 0) is 24.6 Å². The molecule has 0 atom stereocenters. The number of hydrogen-bond acceptors (Lipinski definition) is 6. The predicted octanol–water partition coefficient (Wildman–Crippen LogP) is 3.43. The molecule has 0 fully saturated rings. The summed E-state index contributed by atoms with van der Waals surface area (Å²) >= 11 is 1.45. The largest absolute Gasteiger partial charge is 0.493 e. The van der Waals surface area contributed by atoms with Crippen LogP contribution in [0.4, 0.5) is 5.69 Å². The Balaban J connectivity index is 1.71. The van der Waals surface area contributed by atoms with Crippen molar-refractivity contribution in [1.82, 2.24) is 0 Å². The Hall–Kier alpha value is -2.67. The summed E-state index contributed by atoms with van der Waals surface area (Å²) in [7, 11) is 3.05. The highest BCUT2D eigenvalue weighted by Gasteiger charge is 2.10. The third-order valence-electron chi connectivity index (χ3n) is 3.64. The molecule has 2 aromatic rings. The van der Waals surface area contributed by atoms with E-state index in [1.165, 1.54) is 31.5 Å². The molecular weight excluding hydrogens is 366 g/mol. The Bertz CT molecular complexity index is 776. The van der Waals surface area contributed by atoms with Crippen LogP contribution >= 0.6 is 11.8 Å². The van der Waals surface area contributed by atoms with Crippen LogP contribution in [-0.4, -0.2) is 38.5 Å². The second-order valence-corrected chi connectivity index (χ2v) is 6.74. The first-order chi connectivity index (χ1) is 13.0. The Labute approximate surface area is 163 Å². The van der Waals surface area contributed by atoms with E-state index < -0.39 is 11.9 Å². The quantitative estimate of drug-likeness (QED) is 0.663. The van der Waals surface area contributed by atoms with Gasteiger partial charge in [0.2, 0.25) is 0 Å². The molecule has 6 nitrogen and oxygen atoms in total. The lowest BCUT2D eigenvalue weighted by Crippen LogP contribution is -2.21. The molecule has 2 rings (SSSR count). The first-order valence-corrected chi connectivity index (χ1v) is 9.48. The number of carbonyl (C=O) groups is 2. The van der Waals surface area contributed by atoms with E-state index in [0.29, 0.717) is 22.9 Å². The van der Waals surface area contributed by atoms with Crippen molar-refractivity contribution in [3.8, 4) is 11.5 Å². The zero-order valence-corrected chi connectivity index (χ0v) is 16.4. The van der Waals surface area contributed by atoms with Crippen molar-refractivity contribution >= 4 is 29.3 Å². The Morgan fingerprint density at radius 3 is 2.37 bits per heavy atom. The van der Waals surface area contributed by atoms with Gasteiger partial charge in [0.25, 0.3) is 5.91 Å². The summed E-state index contributed by atoms with van der Waals surface area (Å²) in [4.78, 5) is 23.7. The molecule has 0 radical (unpaired) electrons.